The highest BCUT2D eigenvalue weighted by atomic mass is 32.2. The average Bonchev–Trinajstić information content (AvgIpc) is 3.15. The Balaban J connectivity index is 0.000000661. The number of nitrogens with one attached hydrogen (secondary N) is 1. The molecule has 0 radical (unpaired) electrons. The van der Waals surface area contributed by atoms with E-state index in [9.17, 15) is 17.6 Å². The number of benzene rings is 1. The fourth-order valence-electron chi connectivity index (χ4n) is 4.68. The molecule has 4 rings (SSSR count). The number of nitrogens with zero attached hydrogens (tertiary/aromatic N) is 3. The van der Waals surface area contributed by atoms with Crippen LogP contribution in [0.2, 0.25) is 0 Å². The van der Waals surface area contributed by atoms with Gasteiger partial charge in [-0.25, -0.2) is 17.4 Å². The van der Waals surface area contributed by atoms with Crippen molar-refractivity contribution < 1.29 is 22.3 Å². The van der Waals surface area contributed by atoms with Crippen LogP contribution in [0, 0.1) is 5.95 Å². The van der Waals surface area contributed by atoms with Gasteiger partial charge in [0.2, 0.25) is 16.0 Å². The summed E-state index contributed by atoms with van der Waals surface area (Å²) in [5.74, 6) is -0.466. The summed E-state index contributed by atoms with van der Waals surface area (Å²) >= 11 is 0. The van der Waals surface area contributed by atoms with Crippen LogP contribution >= 0.6 is 0 Å². The highest BCUT2D eigenvalue weighted by Gasteiger charge is 2.27. The number of aromatic nitrogens is 2. The van der Waals surface area contributed by atoms with Crippen molar-refractivity contribution in [2.75, 3.05) is 20.1 Å². The molecule has 1 aliphatic rings. The fourth-order valence-corrected chi connectivity index (χ4v) is 6.41. The van der Waals surface area contributed by atoms with Crippen LogP contribution < -0.4 is 5.32 Å². The summed E-state index contributed by atoms with van der Waals surface area (Å²) < 4.78 is 47.6. The normalized spacial score (nSPS) is 14.8. The first-order valence-electron chi connectivity index (χ1n) is 15.3. The van der Waals surface area contributed by atoms with E-state index < -0.39 is 21.2 Å². The predicted molar refractivity (Wildman–Crippen MR) is 177 cm³/mol. The smallest absolute Gasteiger partial charge is 0.293 e. The standard InChI is InChI=1S/C27H33FN4O2S.C5H10O2.C2H6/c1-29-16-8-9-18-31(19-22-11-10-17-30-27(22)28)20-23-21-32(26-15-7-6-14-25(23)26)35(33,34)24-12-4-2-3-5-13-24;1-5(2,3)7-4-6;1-2/h2-4,6-7,10-12,14-15,17,21,24,29H,5,8-9,13,16,18-20H2,1H3;4H,1-3H3;1-2H3. The van der Waals surface area contributed by atoms with Crippen molar-refractivity contribution in [2.45, 2.75) is 84.2 Å². The number of unbranched alkanes of at least 4 members (excludes halogenated alkanes) is 1. The van der Waals surface area contributed by atoms with E-state index in [4.69, 9.17) is 0 Å². The van der Waals surface area contributed by atoms with Gasteiger partial charge in [-0.3, -0.25) is 9.69 Å². The van der Waals surface area contributed by atoms with E-state index in [2.05, 4.69) is 19.9 Å². The third-order valence-electron chi connectivity index (χ3n) is 6.79. The van der Waals surface area contributed by atoms with E-state index in [1.807, 2.05) is 84.2 Å². The molecule has 0 spiro atoms. The molecule has 0 bridgehead atoms. The second-order valence-corrected chi connectivity index (χ2v) is 13.3. The summed E-state index contributed by atoms with van der Waals surface area (Å²) in [7, 11) is -1.70. The first-order valence-corrected chi connectivity index (χ1v) is 16.8. The van der Waals surface area contributed by atoms with Gasteiger partial charge in [0.25, 0.3) is 6.47 Å². The van der Waals surface area contributed by atoms with Crippen LogP contribution in [-0.2, 0) is 32.6 Å². The summed E-state index contributed by atoms with van der Waals surface area (Å²) in [4.78, 5) is 15.6. The Labute approximate surface area is 263 Å². The molecule has 1 aliphatic carbocycles. The number of carbonyl (C=O) groups excluding carboxylic acids is 1. The van der Waals surface area contributed by atoms with E-state index in [1.165, 1.54) is 10.2 Å². The highest BCUT2D eigenvalue weighted by Crippen LogP contribution is 2.28. The van der Waals surface area contributed by atoms with E-state index >= 15 is 0 Å². The van der Waals surface area contributed by atoms with Gasteiger partial charge in [-0.1, -0.05) is 62.4 Å². The number of halogens is 1. The molecule has 1 aromatic carbocycles. The molecule has 0 saturated carbocycles. The van der Waals surface area contributed by atoms with Gasteiger partial charge in [0.1, 0.15) is 5.60 Å². The predicted octanol–water partition coefficient (Wildman–Crippen LogP) is 6.61. The Morgan fingerprint density at radius 1 is 1.09 bits per heavy atom. The molecule has 2 aromatic heterocycles. The Kier molecular flexibility index (Phi) is 15.5. The quantitative estimate of drug-likeness (QED) is 0.137. The Morgan fingerprint density at radius 2 is 1.82 bits per heavy atom. The van der Waals surface area contributed by atoms with Crippen molar-refractivity contribution >= 4 is 27.4 Å². The molecule has 1 unspecified atom stereocenters. The van der Waals surface area contributed by atoms with Crippen molar-refractivity contribution in [2.24, 2.45) is 0 Å². The lowest BCUT2D eigenvalue weighted by molar-refractivity contribution is -0.138. The lowest BCUT2D eigenvalue weighted by Gasteiger charge is -2.22. The van der Waals surface area contributed by atoms with Gasteiger partial charge in [-0.15, -0.1) is 0 Å². The van der Waals surface area contributed by atoms with Gasteiger partial charge >= 0.3 is 0 Å². The molecule has 0 fully saturated rings. The molecule has 0 amide bonds. The fraction of sp³-hybridized carbons (Fsp3) is 0.471. The van der Waals surface area contributed by atoms with E-state index in [-0.39, 0.29) is 5.60 Å². The largest absolute Gasteiger partial charge is 0.462 e. The van der Waals surface area contributed by atoms with Crippen molar-refractivity contribution in [3.8, 4) is 0 Å². The van der Waals surface area contributed by atoms with Crippen LogP contribution in [0.15, 0.2) is 73.1 Å². The minimum Gasteiger partial charge on any atom is -0.462 e. The van der Waals surface area contributed by atoms with Gasteiger partial charge in [-0.2, -0.15) is 4.39 Å². The zero-order valence-corrected chi connectivity index (χ0v) is 27.8. The number of pyridine rings is 1. The highest BCUT2D eigenvalue weighted by molar-refractivity contribution is 7.90. The summed E-state index contributed by atoms with van der Waals surface area (Å²) in [6, 6.07) is 11.1. The van der Waals surface area contributed by atoms with Gasteiger partial charge in [0.05, 0.1) is 10.8 Å². The molecule has 10 heteroatoms. The summed E-state index contributed by atoms with van der Waals surface area (Å²) in [5, 5.41) is 3.48. The van der Waals surface area contributed by atoms with Crippen LogP contribution in [0.5, 0.6) is 0 Å². The van der Waals surface area contributed by atoms with Crippen LogP contribution in [0.25, 0.3) is 10.9 Å². The molecule has 1 N–H and O–H groups in total. The van der Waals surface area contributed by atoms with Crippen LogP contribution in [-0.4, -0.2) is 59.7 Å². The van der Waals surface area contributed by atoms with Gasteiger partial charge in [0.15, 0.2) is 0 Å². The number of carbonyl (C=O) groups is 1. The number of rotatable bonds is 12. The molecular weight excluding hydrogens is 579 g/mol. The Morgan fingerprint density at radius 3 is 2.48 bits per heavy atom. The Hall–Kier alpha value is -3.34. The molecule has 3 aromatic rings. The third kappa shape index (κ3) is 11.3. The maximum Gasteiger partial charge on any atom is 0.293 e. The molecular formula is C34H49FN4O4S. The van der Waals surface area contributed by atoms with Crippen LogP contribution in [0.1, 0.15) is 71.4 Å². The first-order chi connectivity index (χ1) is 21.1. The second-order valence-electron chi connectivity index (χ2n) is 11.2. The number of fused-ring (bicyclic) bond motifs is 1. The third-order valence-corrected chi connectivity index (χ3v) is 8.79. The molecule has 0 saturated heterocycles. The summed E-state index contributed by atoms with van der Waals surface area (Å²) in [6.45, 7) is 12.5. The summed E-state index contributed by atoms with van der Waals surface area (Å²) in [5.41, 5.74) is 1.81. The molecule has 2 heterocycles. The molecule has 1 atom stereocenters. The van der Waals surface area contributed by atoms with Crippen molar-refractivity contribution in [3.63, 3.8) is 0 Å². The number of hydrogen-bond acceptors (Lipinski definition) is 7. The lowest BCUT2D eigenvalue weighted by Crippen LogP contribution is -2.26. The molecule has 44 heavy (non-hydrogen) atoms. The van der Waals surface area contributed by atoms with Gasteiger partial charge < -0.3 is 10.1 Å². The van der Waals surface area contributed by atoms with E-state index in [0.29, 0.717) is 37.1 Å². The summed E-state index contributed by atoms with van der Waals surface area (Å²) in [6.07, 6.45) is 13.9. The lowest BCUT2D eigenvalue weighted by atomic mass is 10.1. The zero-order chi connectivity index (χ0) is 32.6. The van der Waals surface area contributed by atoms with Crippen molar-refractivity contribution in [1.29, 1.82) is 0 Å². The number of para-hydroxylation sites is 1. The topological polar surface area (TPSA) is 93.5 Å². The van der Waals surface area contributed by atoms with Crippen molar-refractivity contribution in [3.05, 3.63) is 90.2 Å². The second kappa shape index (κ2) is 18.5. The molecule has 8 nitrogen and oxygen atoms in total. The molecule has 0 aliphatic heterocycles. The Bertz CT molecular complexity index is 1460. The number of hydrogen-bond donors (Lipinski definition) is 1. The van der Waals surface area contributed by atoms with Gasteiger partial charge in [0, 0.05) is 36.4 Å². The van der Waals surface area contributed by atoms with Crippen molar-refractivity contribution in [1.82, 2.24) is 19.2 Å². The minimum absolute atomic E-state index is 0.318. The van der Waals surface area contributed by atoms with E-state index in [0.717, 1.165) is 43.3 Å². The number of ether oxygens (including phenoxy) is 1. The maximum absolute atomic E-state index is 14.3. The SMILES string of the molecule is CC.CC(C)(C)OC=O.CNCCCCN(Cc1cccnc1F)Cc1cn(S(=O)(=O)C2C=CC=CCC2)c2ccccc12. The van der Waals surface area contributed by atoms with Crippen LogP contribution in [0.3, 0.4) is 0 Å². The first kappa shape index (κ1) is 36.8. The van der Waals surface area contributed by atoms with E-state index in [1.54, 1.807) is 24.4 Å². The number of allylic oxidation sites excluding steroid dienone is 3. The zero-order valence-electron chi connectivity index (χ0n) is 27.0. The van der Waals surface area contributed by atoms with Crippen LogP contribution in [0.4, 0.5) is 4.39 Å². The van der Waals surface area contributed by atoms with Gasteiger partial charge in [-0.05, 0) is 84.3 Å². The molecule has 242 valence electrons. The minimum atomic E-state index is -3.62. The monoisotopic (exact) mass is 628 g/mol. The average molecular weight is 629 g/mol. The maximum atomic E-state index is 14.3.